The molecule has 0 fully saturated rings. The SMILES string of the molecule is [O-]/[N+](=C\c1ccccc1)Cc1ccc(O)cc1. The van der Waals surface area contributed by atoms with Crippen LogP contribution in [0, 0.1) is 5.21 Å². The van der Waals surface area contributed by atoms with Gasteiger partial charge in [-0.25, -0.2) is 4.74 Å². The average molecular weight is 227 g/mol. The lowest BCUT2D eigenvalue weighted by atomic mass is 10.2. The fourth-order valence-electron chi connectivity index (χ4n) is 1.53. The maximum absolute atomic E-state index is 11.7. The van der Waals surface area contributed by atoms with Crippen molar-refractivity contribution in [3.63, 3.8) is 0 Å². The second-order valence-electron chi connectivity index (χ2n) is 3.78. The third kappa shape index (κ3) is 3.34. The standard InChI is InChI=1S/C14H13NO2/c16-14-8-6-13(7-9-14)11-15(17)10-12-4-2-1-3-5-12/h1-10,16H,11H2/b15-10-. The van der Waals surface area contributed by atoms with Crippen LogP contribution in [0.25, 0.3) is 0 Å². The van der Waals surface area contributed by atoms with E-state index in [1.165, 1.54) is 0 Å². The molecule has 0 radical (unpaired) electrons. The summed E-state index contributed by atoms with van der Waals surface area (Å²) in [4.78, 5) is 0. The van der Waals surface area contributed by atoms with Crippen LogP contribution in [0.15, 0.2) is 54.6 Å². The van der Waals surface area contributed by atoms with Crippen molar-refractivity contribution in [2.45, 2.75) is 6.54 Å². The molecule has 86 valence electrons. The second-order valence-corrected chi connectivity index (χ2v) is 3.78. The number of aromatic hydroxyl groups is 1. The molecule has 17 heavy (non-hydrogen) atoms. The summed E-state index contributed by atoms with van der Waals surface area (Å²) in [5.41, 5.74) is 1.74. The molecule has 0 unspecified atom stereocenters. The first kappa shape index (κ1) is 11.2. The van der Waals surface area contributed by atoms with Gasteiger partial charge in [-0.15, -0.1) is 0 Å². The van der Waals surface area contributed by atoms with E-state index in [4.69, 9.17) is 5.11 Å². The van der Waals surface area contributed by atoms with Gasteiger partial charge in [-0.1, -0.05) is 18.2 Å². The van der Waals surface area contributed by atoms with Gasteiger partial charge >= 0.3 is 0 Å². The highest BCUT2D eigenvalue weighted by molar-refractivity contribution is 5.75. The van der Waals surface area contributed by atoms with E-state index in [9.17, 15) is 5.21 Å². The van der Waals surface area contributed by atoms with Gasteiger partial charge < -0.3 is 10.3 Å². The van der Waals surface area contributed by atoms with Gasteiger partial charge in [0.05, 0.1) is 0 Å². The van der Waals surface area contributed by atoms with Crippen LogP contribution in [0.1, 0.15) is 11.1 Å². The van der Waals surface area contributed by atoms with Crippen molar-refractivity contribution in [1.82, 2.24) is 0 Å². The summed E-state index contributed by atoms with van der Waals surface area (Å²) in [6.07, 6.45) is 1.55. The average Bonchev–Trinajstić information content (AvgIpc) is 2.33. The quantitative estimate of drug-likeness (QED) is 0.379. The molecule has 0 aliphatic rings. The fraction of sp³-hybridized carbons (Fsp3) is 0.0714. The minimum atomic E-state index is 0.207. The maximum atomic E-state index is 11.7. The zero-order valence-corrected chi connectivity index (χ0v) is 9.28. The van der Waals surface area contributed by atoms with E-state index in [1.807, 2.05) is 30.3 Å². The highest BCUT2D eigenvalue weighted by Gasteiger charge is 1.99. The van der Waals surface area contributed by atoms with Crippen LogP contribution in [0.5, 0.6) is 5.75 Å². The number of nitrogens with zero attached hydrogens (tertiary/aromatic N) is 1. The highest BCUT2D eigenvalue weighted by Crippen LogP contribution is 2.10. The second kappa shape index (κ2) is 5.16. The molecule has 0 aliphatic heterocycles. The molecule has 0 amide bonds. The van der Waals surface area contributed by atoms with E-state index in [2.05, 4.69) is 0 Å². The number of hydroxylamine groups is 1. The van der Waals surface area contributed by atoms with Crippen LogP contribution in [0.4, 0.5) is 0 Å². The molecule has 2 aromatic carbocycles. The van der Waals surface area contributed by atoms with Gasteiger partial charge in [0.1, 0.15) is 5.75 Å². The van der Waals surface area contributed by atoms with Gasteiger partial charge in [0.2, 0.25) is 0 Å². The van der Waals surface area contributed by atoms with Gasteiger partial charge in [-0.3, -0.25) is 0 Å². The Balaban J connectivity index is 2.09. The molecule has 0 aliphatic carbocycles. The van der Waals surface area contributed by atoms with Crippen molar-refractivity contribution < 1.29 is 9.85 Å². The molecular weight excluding hydrogens is 214 g/mol. The predicted octanol–water partition coefficient (Wildman–Crippen LogP) is 2.52. The van der Waals surface area contributed by atoms with E-state index in [0.29, 0.717) is 0 Å². The van der Waals surface area contributed by atoms with Crippen molar-refractivity contribution >= 4 is 6.21 Å². The van der Waals surface area contributed by atoms with Crippen molar-refractivity contribution in [2.75, 3.05) is 0 Å². The van der Waals surface area contributed by atoms with Crippen LogP contribution < -0.4 is 0 Å². The molecule has 2 rings (SSSR count). The van der Waals surface area contributed by atoms with Crippen molar-refractivity contribution in [2.24, 2.45) is 0 Å². The van der Waals surface area contributed by atoms with Gasteiger partial charge in [-0.2, -0.15) is 0 Å². The summed E-state index contributed by atoms with van der Waals surface area (Å²) >= 11 is 0. The largest absolute Gasteiger partial charge is 0.624 e. The topological polar surface area (TPSA) is 46.3 Å². The normalized spacial score (nSPS) is 11.4. The van der Waals surface area contributed by atoms with Gasteiger partial charge in [0.25, 0.3) is 0 Å². The van der Waals surface area contributed by atoms with E-state index in [1.54, 1.807) is 30.5 Å². The lowest BCUT2D eigenvalue weighted by Crippen LogP contribution is -2.05. The lowest BCUT2D eigenvalue weighted by Gasteiger charge is -2.04. The number of hydrogen-bond donors (Lipinski definition) is 1. The molecule has 0 heterocycles. The zero-order valence-electron chi connectivity index (χ0n) is 9.28. The molecule has 0 spiro atoms. The Morgan fingerprint density at radius 3 is 2.29 bits per heavy atom. The Hall–Kier alpha value is -2.29. The summed E-state index contributed by atoms with van der Waals surface area (Å²) in [6.45, 7) is 0.273. The molecule has 0 saturated heterocycles. The smallest absolute Gasteiger partial charge is 0.182 e. The minimum Gasteiger partial charge on any atom is -0.624 e. The molecule has 0 saturated carbocycles. The molecular formula is C14H13NO2. The number of benzene rings is 2. The van der Waals surface area contributed by atoms with E-state index >= 15 is 0 Å². The van der Waals surface area contributed by atoms with Gasteiger partial charge in [-0.05, 0) is 36.4 Å². The lowest BCUT2D eigenvalue weighted by molar-refractivity contribution is -0.469. The predicted molar refractivity (Wildman–Crippen MR) is 67.0 cm³/mol. The Kier molecular flexibility index (Phi) is 3.40. The molecule has 3 heteroatoms. The Labute approximate surface area is 99.9 Å². The monoisotopic (exact) mass is 227 g/mol. The van der Waals surface area contributed by atoms with Crippen molar-refractivity contribution in [3.05, 3.63) is 70.9 Å². The number of hydrogen-bond acceptors (Lipinski definition) is 2. The molecule has 3 nitrogen and oxygen atoms in total. The van der Waals surface area contributed by atoms with Crippen LogP contribution >= 0.6 is 0 Å². The molecule has 2 aromatic rings. The zero-order chi connectivity index (χ0) is 12.1. The van der Waals surface area contributed by atoms with Crippen LogP contribution in [0.2, 0.25) is 0 Å². The minimum absolute atomic E-state index is 0.207. The molecule has 1 N–H and O–H groups in total. The maximum Gasteiger partial charge on any atom is 0.182 e. The summed E-state index contributed by atoms with van der Waals surface area (Å²) in [6, 6.07) is 16.1. The first-order valence-electron chi connectivity index (χ1n) is 5.35. The van der Waals surface area contributed by atoms with E-state index in [0.717, 1.165) is 15.9 Å². The first-order valence-corrected chi connectivity index (χ1v) is 5.35. The number of phenols is 1. The van der Waals surface area contributed by atoms with E-state index < -0.39 is 0 Å². The third-order valence-corrected chi connectivity index (χ3v) is 2.37. The summed E-state index contributed by atoms with van der Waals surface area (Å²) in [5.74, 6) is 0.207. The van der Waals surface area contributed by atoms with Gasteiger partial charge in [0.15, 0.2) is 12.8 Å². The molecule has 0 aromatic heterocycles. The van der Waals surface area contributed by atoms with Crippen molar-refractivity contribution in [3.8, 4) is 5.75 Å². The number of phenolic OH excluding ortho intramolecular Hbond substituents is 1. The summed E-state index contributed by atoms with van der Waals surface area (Å²) in [5, 5.41) is 20.8. The summed E-state index contributed by atoms with van der Waals surface area (Å²) < 4.78 is 0.877. The van der Waals surface area contributed by atoms with Crippen LogP contribution in [-0.2, 0) is 6.54 Å². The fourth-order valence-corrected chi connectivity index (χ4v) is 1.53. The Morgan fingerprint density at radius 2 is 1.65 bits per heavy atom. The van der Waals surface area contributed by atoms with Crippen LogP contribution in [-0.4, -0.2) is 16.1 Å². The van der Waals surface area contributed by atoms with Gasteiger partial charge in [0, 0.05) is 11.1 Å². The Morgan fingerprint density at radius 1 is 1.00 bits per heavy atom. The summed E-state index contributed by atoms with van der Waals surface area (Å²) in [7, 11) is 0. The van der Waals surface area contributed by atoms with E-state index in [-0.39, 0.29) is 12.3 Å². The molecule has 0 atom stereocenters. The van der Waals surface area contributed by atoms with Crippen molar-refractivity contribution in [1.29, 1.82) is 0 Å². The van der Waals surface area contributed by atoms with Crippen LogP contribution in [0.3, 0.4) is 0 Å². The Bertz CT molecular complexity index is 504. The molecule has 0 bridgehead atoms. The first-order chi connectivity index (χ1) is 8.24. The highest BCUT2D eigenvalue weighted by atomic mass is 16.5. The third-order valence-electron chi connectivity index (χ3n) is 2.37. The number of rotatable bonds is 3.